The van der Waals surface area contributed by atoms with Crippen molar-refractivity contribution in [2.75, 3.05) is 11.9 Å². The summed E-state index contributed by atoms with van der Waals surface area (Å²) in [5.41, 5.74) is 0.306. The highest BCUT2D eigenvalue weighted by molar-refractivity contribution is 9.10. The number of hydrogen-bond donors (Lipinski definition) is 1. The molecule has 0 saturated carbocycles. The van der Waals surface area contributed by atoms with Crippen LogP contribution in [0.3, 0.4) is 0 Å². The lowest BCUT2D eigenvalue weighted by atomic mass is 10.2. The molecule has 1 aromatic carbocycles. The average molecular weight is 276 g/mol. The van der Waals surface area contributed by atoms with E-state index in [0.29, 0.717) is 16.7 Å². The van der Waals surface area contributed by atoms with Gasteiger partial charge in [0.25, 0.3) is 0 Å². The molecule has 0 heterocycles. The smallest absolute Gasteiger partial charge is 0.150 e. The van der Waals surface area contributed by atoms with E-state index in [4.69, 9.17) is 0 Å². The molecule has 0 aliphatic rings. The molecule has 1 rings (SSSR count). The molecule has 0 aliphatic carbocycles. The van der Waals surface area contributed by atoms with E-state index in [9.17, 15) is 8.78 Å². The third-order valence-electron chi connectivity index (χ3n) is 1.89. The normalized spacial score (nSPS) is 10.1. The summed E-state index contributed by atoms with van der Waals surface area (Å²) in [4.78, 5) is 0. The van der Waals surface area contributed by atoms with E-state index in [0.717, 1.165) is 18.9 Å². The maximum Gasteiger partial charge on any atom is 0.150 e. The highest BCUT2D eigenvalue weighted by atomic mass is 79.9. The molecule has 0 saturated heterocycles. The van der Waals surface area contributed by atoms with Gasteiger partial charge in [0.05, 0.1) is 5.69 Å². The zero-order valence-electron chi connectivity index (χ0n) is 8.19. The SMILES string of the molecule is C=CCCCNc1c(F)cc(F)cc1Br. The first-order valence-corrected chi connectivity index (χ1v) is 5.43. The van der Waals surface area contributed by atoms with Crippen molar-refractivity contribution >= 4 is 21.6 Å². The Kier molecular flexibility index (Phi) is 4.75. The van der Waals surface area contributed by atoms with Gasteiger partial charge < -0.3 is 5.32 Å². The molecule has 0 radical (unpaired) electrons. The van der Waals surface area contributed by atoms with Crippen LogP contribution in [0.25, 0.3) is 0 Å². The Bertz CT molecular complexity index is 329. The minimum Gasteiger partial charge on any atom is -0.382 e. The highest BCUT2D eigenvalue weighted by Gasteiger charge is 2.08. The highest BCUT2D eigenvalue weighted by Crippen LogP contribution is 2.26. The van der Waals surface area contributed by atoms with Crippen molar-refractivity contribution in [3.63, 3.8) is 0 Å². The summed E-state index contributed by atoms with van der Waals surface area (Å²) >= 11 is 3.10. The van der Waals surface area contributed by atoms with Gasteiger partial charge in [0.1, 0.15) is 11.6 Å². The van der Waals surface area contributed by atoms with Crippen LogP contribution in [0, 0.1) is 11.6 Å². The van der Waals surface area contributed by atoms with E-state index in [1.54, 1.807) is 6.08 Å². The lowest BCUT2D eigenvalue weighted by Gasteiger charge is -2.09. The maximum absolute atomic E-state index is 13.3. The number of unbranched alkanes of at least 4 members (excludes halogenated alkanes) is 1. The predicted molar refractivity (Wildman–Crippen MR) is 62.0 cm³/mol. The Morgan fingerprint density at radius 1 is 1.40 bits per heavy atom. The number of rotatable bonds is 5. The first-order chi connectivity index (χ1) is 7.15. The first-order valence-electron chi connectivity index (χ1n) is 4.64. The Balaban J connectivity index is 2.64. The summed E-state index contributed by atoms with van der Waals surface area (Å²) < 4.78 is 26.4. The molecule has 0 atom stereocenters. The molecule has 0 unspecified atom stereocenters. The minimum atomic E-state index is -0.587. The van der Waals surface area contributed by atoms with Crippen LogP contribution in [0.2, 0.25) is 0 Å². The monoisotopic (exact) mass is 275 g/mol. The number of halogens is 3. The average Bonchev–Trinajstić information content (AvgIpc) is 2.15. The predicted octanol–water partition coefficient (Wildman–Crippen LogP) is 4.11. The second kappa shape index (κ2) is 5.85. The molecular formula is C11H12BrF2N. The number of anilines is 1. The van der Waals surface area contributed by atoms with Crippen molar-refractivity contribution in [3.8, 4) is 0 Å². The largest absolute Gasteiger partial charge is 0.382 e. The van der Waals surface area contributed by atoms with Crippen molar-refractivity contribution in [1.29, 1.82) is 0 Å². The molecular weight excluding hydrogens is 264 g/mol. The summed E-state index contributed by atoms with van der Waals surface area (Å²) in [6.45, 7) is 4.22. The third-order valence-corrected chi connectivity index (χ3v) is 2.52. The number of benzene rings is 1. The van der Waals surface area contributed by atoms with E-state index in [1.807, 2.05) is 0 Å². The Hall–Kier alpha value is -0.900. The summed E-state index contributed by atoms with van der Waals surface area (Å²) in [6.07, 6.45) is 3.54. The van der Waals surface area contributed by atoms with Crippen molar-refractivity contribution in [3.05, 3.63) is 40.9 Å². The fourth-order valence-electron chi connectivity index (χ4n) is 1.17. The van der Waals surface area contributed by atoms with Gasteiger partial charge in [-0.05, 0) is 34.8 Å². The number of nitrogens with one attached hydrogen (secondary N) is 1. The molecule has 0 aromatic heterocycles. The summed E-state index contributed by atoms with van der Waals surface area (Å²) in [7, 11) is 0. The standard InChI is InChI=1S/C11H12BrF2N/c1-2-3-4-5-15-11-9(12)6-8(13)7-10(11)14/h2,6-7,15H,1,3-5H2. The van der Waals surface area contributed by atoms with Crippen molar-refractivity contribution in [2.24, 2.45) is 0 Å². The van der Waals surface area contributed by atoms with Crippen molar-refractivity contribution in [1.82, 2.24) is 0 Å². The van der Waals surface area contributed by atoms with Gasteiger partial charge in [0.2, 0.25) is 0 Å². The van der Waals surface area contributed by atoms with E-state index in [1.165, 1.54) is 6.07 Å². The molecule has 1 N–H and O–H groups in total. The summed E-state index contributed by atoms with van der Waals surface area (Å²) in [5.74, 6) is -1.17. The number of hydrogen-bond acceptors (Lipinski definition) is 1. The van der Waals surface area contributed by atoms with Crippen LogP contribution in [-0.4, -0.2) is 6.54 Å². The van der Waals surface area contributed by atoms with Crippen LogP contribution in [0.1, 0.15) is 12.8 Å². The topological polar surface area (TPSA) is 12.0 Å². The zero-order chi connectivity index (χ0) is 11.3. The summed E-state index contributed by atoms with van der Waals surface area (Å²) in [6, 6.07) is 2.10. The molecule has 0 fully saturated rings. The molecule has 0 amide bonds. The zero-order valence-corrected chi connectivity index (χ0v) is 9.78. The van der Waals surface area contributed by atoms with Gasteiger partial charge in [0, 0.05) is 17.1 Å². The lowest BCUT2D eigenvalue weighted by molar-refractivity contribution is 0.583. The van der Waals surface area contributed by atoms with Crippen LogP contribution in [0.5, 0.6) is 0 Å². The first kappa shape index (κ1) is 12.2. The van der Waals surface area contributed by atoms with Crippen molar-refractivity contribution in [2.45, 2.75) is 12.8 Å². The van der Waals surface area contributed by atoms with Crippen LogP contribution in [-0.2, 0) is 0 Å². The fraction of sp³-hybridized carbons (Fsp3) is 0.273. The Labute approximate surface area is 96.3 Å². The third kappa shape index (κ3) is 3.63. The van der Waals surface area contributed by atoms with E-state index in [-0.39, 0.29) is 0 Å². The van der Waals surface area contributed by atoms with Crippen LogP contribution in [0.4, 0.5) is 14.5 Å². The van der Waals surface area contributed by atoms with Gasteiger partial charge in [-0.3, -0.25) is 0 Å². The van der Waals surface area contributed by atoms with Gasteiger partial charge in [-0.15, -0.1) is 6.58 Å². The van der Waals surface area contributed by atoms with E-state index < -0.39 is 11.6 Å². The van der Waals surface area contributed by atoms with Crippen molar-refractivity contribution < 1.29 is 8.78 Å². The fourth-order valence-corrected chi connectivity index (χ4v) is 1.72. The van der Waals surface area contributed by atoms with E-state index >= 15 is 0 Å². The molecule has 1 aromatic rings. The number of allylic oxidation sites excluding steroid dienone is 1. The van der Waals surface area contributed by atoms with Gasteiger partial charge in [-0.2, -0.15) is 0 Å². The molecule has 4 heteroatoms. The summed E-state index contributed by atoms with van der Waals surface area (Å²) in [5, 5.41) is 2.91. The van der Waals surface area contributed by atoms with E-state index in [2.05, 4.69) is 27.8 Å². The van der Waals surface area contributed by atoms with Crippen LogP contribution in [0.15, 0.2) is 29.3 Å². The maximum atomic E-state index is 13.3. The Morgan fingerprint density at radius 3 is 2.73 bits per heavy atom. The second-order valence-electron chi connectivity index (χ2n) is 3.10. The van der Waals surface area contributed by atoms with Gasteiger partial charge in [-0.25, -0.2) is 8.78 Å². The molecule has 0 spiro atoms. The second-order valence-corrected chi connectivity index (χ2v) is 3.96. The molecule has 0 aliphatic heterocycles. The minimum absolute atomic E-state index is 0.306. The molecule has 15 heavy (non-hydrogen) atoms. The van der Waals surface area contributed by atoms with Gasteiger partial charge in [0.15, 0.2) is 0 Å². The van der Waals surface area contributed by atoms with Crippen LogP contribution >= 0.6 is 15.9 Å². The lowest BCUT2D eigenvalue weighted by Crippen LogP contribution is -2.04. The van der Waals surface area contributed by atoms with Crippen LogP contribution < -0.4 is 5.32 Å². The van der Waals surface area contributed by atoms with Gasteiger partial charge >= 0.3 is 0 Å². The molecule has 1 nitrogen and oxygen atoms in total. The molecule has 0 bridgehead atoms. The molecule has 82 valence electrons. The quantitative estimate of drug-likeness (QED) is 0.630. The Morgan fingerprint density at radius 2 is 2.13 bits per heavy atom. The van der Waals surface area contributed by atoms with Gasteiger partial charge in [-0.1, -0.05) is 6.08 Å².